The predicted molar refractivity (Wildman–Crippen MR) is 61.4 cm³/mol. The summed E-state index contributed by atoms with van der Waals surface area (Å²) in [7, 11) is 0. The van der Waals surface area contributed by atoms with E-state index in [9.17, 15) is 14.4 Å². The molecule has 0 aliphatic heterocycles. The third kappa shape index (κ3) is 5.53. The summed E-state index contributed by atoms with van der Waals surface area (Å²) in [6.45, 7) is -0.0842. The van der Waals surface area contributed by atoms with Gasteiger partial charge in [0.1, 0.15) is 6.61 Å². The van der Waals surface area contributed by atoms with Crippen LogP contribution in [-0.4, -0.2) is 34.4 Å². The van der Waals surface area contributed by atoms with Gasteiger partial charge in [0.2, 0.25) is 6.10 Å². The van der Waals surface area contributed by atoms with Crippen LogP contribution in [0.2, 0.25) is 0 Å². The lowest BCUT2D eigenvalue weighted by Gasteiger charge is -2.11. The van der Waals surface area contributed by atoms with Crippen LogP contribution in [0.25, 0.3) is 0 Å². The standard InChI is InChI=1S/C12H12O7/c13-10(14)6-9(11(15)16)19-12(17)18-7-8-4-2-1-3-5-8/h1-5,9H,6-7H2,(H,13,14)(H,15,16). The minimum atomic E-state index is -1.76. The highest BCUT2D eigenvalue weighted by Crippen LogP contribution is 2.05. The summed E-state index contributed by atoms with van der Waals surface area (Å²) in [6, 6.07) is 8.69. The van der Waals surface area contributed by atoms with Gasteiger partial charge >= 0.3 is 18.1 Å². The zero-order chi connectivity index (χ0) is 14.3. The first-order valence-electron chi connectivity index (χ1n) is 5.31. The Hall–Kier alpha value is -2.57. The van der Waals surface area contributed by atoms with Crippen molar-refractivity contribution >= 4 is 18.1 Å². The lowest BCUT2D eigenvalue weighted by molar-refractivity contribution is -0.154. The number of hydrogen-bond acceptors (Lipinski definition) is 5. The van der Waals surface area contributed by atoms with Gasteiger partial charge in [0.05, 0.1) is 6.42 Å². The summed E-state index contributed by atoms with van der Waals surface area (Å²) in [6.07, 6.45) is -3.81. The van der Waals surface area contributed by atoms with Crippen LogP contribution in [0.4, 0.5) is 4.79 Å². The molecule has 0 saturated heterocycles. The highest BCUT2D eigenvalue weighted by atomic mass is 16.7. The van der Waals surface area contributed by atoms with Gasteiger partial charge in [0.25, 0.3) is 0 Å². The van der Waals surface area contributed by atoms with Crippen molar-refractivity contribution < 1.29 is 34.1 Å². The number of benzene rings is 1. The van der Waals surface area contributed by atoms with Crippen LogP contribution in [0, 0.1) is 0 Å². The molecule has 0 heterocycles. The van der Waals surface area contributed by atoms with E-state index >= 15 is 0 Å². The van der Waals surface area contributed by atoms with Crippen molar-refractivity contribution in [2.24, 2.45) is 0 Å². The smallest absolute Gasteiger partial charge is 0.481 e. The number of carbonyl (C=O) groups excluding carboxylic acids is 1. The van der Waals surface area contributed by atoms with Gasteiger partial charge in [-0.25, -0.2) is 9.59 Å². The Morgan fingerprint density at radius 1 is 1.11 bits per heavy atom. The number of carboxylic acid groups (broad SMARTS) is 2. The fourth-order valence-corrected chi connectivity index (χ4v) is 1.20. The summed E-state index contributed by atoms with van der Waals surface area (Å²) in [4.78, 5) is 32.2. The van der Waals surface area contributed by atoms with Gasteiger partial charge in [0.15, 0.2) is 0 Å². The number of rotatable bonds is 6. The summed E-state index contributed by atoms with van der Waals surface area (Å²) in [5.74, 6) is -2.93. The van der Waals surface area contributed by atoms with Crippen LogP contribution >= 0.6 is 0 Å². The van der Waals surface area contributed by atoms with E-state index in [2.05, 4.69) is 9.47 Å². The number of carboxylic acids is 2. The van der Waals surface area contributed by atoms with E-state index in [0.29, 0.717) is 5.56 Å². The summed E-state index contributed by atoms with van der Waals surface area (Å²) in [5.41, 5.74) is 0.699. The summed E-state index contributed by atoms with van der Waals surface area (Å²) in [5, 5.41) is 17.1. The summed E-state index contributed by atoms with van der Waals surface area (Å²) < 4.78 is 9.08. The molecule has 0 aliphatic carbocycles. The van der Waals surface area contributed by atoms with Gasteiger partial charge < -0.3 is 19.7 Å². The minimum Gasteiger partial charge on any atom is -0.481 e. The molecular weight excluding hydrogens is 256 g/mol. The van der Waals surface area contributed by atoms with Crippen molar-refractivity contribution in [3.8, 4) is 0 Å². The first kappa shape index (κ1) is 14.5. The first-order chi connectivity index (χ1) is 8.99. The zero-order valence-corrected chi connectivity index (χ0v) is 9.81. The SMILES string of the molecule is O=C(O)CC(OC(=O)OCc1ccccc1)C(=O)O. The molecule has 1 rings (SSSR count). The van der Waals surface area contributed by atoms with Crippen LogP contribution < -0.4 is 0 Å². The molecule has 0 fully saturated rings. The molecule has 0 saturated carbocycles. The van der Waals surface area contributed by atoms with E-state index < -0.39 is 30.6 Å². The molecule has 7 heteroatoms. The normalized spacial score (nSPS) is 11.4. The maximum atomic E-state index is 11.2. The fraction of sp³-hybridized carbons (Fsp3) is 0.250. The molecule has 0 bridgehead atoms. The first-order valence-corrected chi connectivity index (χ1v) is 5.31. The van der Waals surface area contributed by atoms with Gasteiger partial charge in [0, 0.05) is 0 Å². The molecule has 1 aromatic carbocycles. The van der Waals surface area contributed by atoms with Crippen molar-refractivity contribution in [2.75, 3.05) is 0 Å². The largest absolute Gasteiger partial charge is 0.509 e. The van der Waals surface area contributed by atoms with E-state index in [1.807, 2.05) is 0 Å². The van der Waals surface area contributed by atoms with Crippen LogP contribution in [0.3, 0.4) is 0 Å². The topological polar surface area (TPSA) is 110 Å². The lowest BCUT2D eigenvalue weighted by Crippen LogP contribution is -2.29. The fourth-order valence-electron chi connectivity index (χ4n) is 1.20. The average molecular weight is 268 g/mol. The Kier molecular flexibility index (Phi) is 5.34. The number of aliphatic carboxylic acids is 2. The molecule has 102 valence electrons. The highest BCUT2D eigenvalue weighted by molar-refractivity contribution is 5.81. The van der Waals surface area contributed by atoms with E-state index in [0.717, 1.165) is 0 Å². The molecule has 0 aliphatic rings. The van der Waals surface area contributed by atoms with Crippen molar-refractivity contribution in [2.45, 2.75) is 19.1 Å². The maximum absolute atomic E-state index is 11.2. The third-order valence-corrected chi connectivity index (χ3v) is 2.07. The lowest BCUT2D eigenvalue weighted by atomic mass is 10.2. The Morgan fingerprint density at radius 2 is 1.74 bits per heavy atom. The van der Waals surface area contributed by atoms with Crippen molar-refractivity contribution in [1.29, 1.82) is 0 Å². The Bertz CT molecular complexity index is 454. The minimum absolute atomic E-state index is 0.0842. The number of carbonyl (C=O) groups is 3. The molecule has 7 nitrogen and oxygen atoms in total. The summed E-state index contributed by atoms with van der Waals surface area (Å²) >= 11 is 0. The van der Waals surface area contributed by atoms with Gasteiger partial charge in [-0.3, -0.25) is 4.79 Å². The van der Waals surface area contributed by atoms with Crippen molar-refractivity contribution in [3.63, 3.8) is 0 Å². The van der Waals surface area contributed by atoms with Crippen LogP contribution in [0.1, 0.15) is 12.0 Å². The van der Waals surface area contributed by atoms with E-state index in [-0.39, 0.29) is 6.61 Å². The molecule has 0 aromatic heterocycles. The second-order valence-corrected chi connectivity index (χ2v) is 3.57. The maximum Gasteiger partial charge on any atom is 0.509 e. The zero-order valence-electron chi connectivity index (χ0n) is 9.81. The predicted octanol–water partition coefficient (Wildman–Crippen LogP) is 1.27. The van der Waals surface area contributed by atoms with Gasteiger partial charge in [-0.15, -0.1) is 0 Å². The van der Waals surface area contributed by atoms with Crippen LogP contribution in [0.15, 0.2) is 30.3 Å². The number of hydrogen-bond donors (Lipinski definition) is 2. The molecule has 1 unspecified atom stereocenters. The van der Waals surface area contributed by atoms with Gasteiger partial charge in [-0.2, -0.15) is 0 Å². The molecule has 1 aromatic rings. The monoisotopic (exact) mass is 268 g/mol. The van der Waals surface area contributed by atoms with Crippen LogP contribution in [-0.2, 0) is 25.7 Å². The highest BCUT2D eigenvalue weighted by Gasteiger charge is 2.26. The molecule has 0 radical (unpaired) electrons. The molecule has 0 amide bonds. The molecule has 19 heavy (non-hydrogen) atoms. The Balaban J connectivity index is 2.45. The molecule has 1 atom stereocenters. The third-order valence-electron chi connectivity index (χ3n) is 2.07. The second-order valence-electron chi connectivity index (χ2n) is 3.57. The van der Waals surface area contributed by atoms with E-state index in [1.165, 1.54) is 0 Å². The van der Waals surface area contributed by atoms with E-state index in [4.69, 9.17) is 10.2 Å². The quantitative estimate of drug-likeness (QED) is 0.747. The Labute approximate surface area is 108 Å². The molecule has 0 spiro atoms. The van der Waals surface area contributed by atoms with Crippen molar-refractivity contribution in [3.05, 3.63) is 35.9 Å². The van der Waals surface area contributed by atoms with Crippen molar-refractivity contribution in [1.82, 2.24) is 0 Å². The number of ether oxygens (including phenoxy) is 2. The second kappa shape index (κ2) is 7.00. The van der Waals surface area contributed by atoms with Gasteiger partial charge in [-0.1, -0.05) is 30.3 Å². The van der Waals surface area contributed by atoms with E-state index in [1.54, 1.807) is 30.3 Å². The molecular formula is C12H12O7. The van der Waals surface area contributed by atoms with Gasteiger partial charge in [-0.05, 0) is 5.56 Å². The average Bonchev–Trinajstić information content (AvgIpc) is 2.36. The molecule has 2 N–H and O–H groups in total. The Morgan fingerprint density at radius 3 is 2.26 bits per heavy atom. The van der Waals surface area contributed by atoms with Crippen LogP contribution in [0.5, 0.6) is 0 Å².